The van der Waals surface area contributed by atoms with Crippen molar-refractivity contribution >= 4 is 45.5 Å². The van der Waals surface area contributed by atoms with Crippen LogP contribution in [0.25, 0.3) is 17.0 Å². The molecule has 2 heterocycles. The van der Waals surface area contributed by atoms with Crippen LogP contribution in [0.3, 0.4) is 0 Å². The van der Waals surface area contributed by atoms with Gasteiger partial charge in [-0.2, -0.15) is 0 Å². The number of carbonyl (C=O) groups excluding carboxylic acids is 1. The molecule has 1 saturated heterocycles. The number of nitrogens with zero attached hydrogens (tertiary/aromatic N) is 3. The van der Waals surface area contributed by atoms with Crippen molar-refractivity contribution in [2.45, 2.75) is 26.7 Å². The highest BCUT2D eigenvalue weighted by Gasteiger charge is 2.33. The SMILES string of the molecule is CCCCN1C(=O)/C(=C\c2cn(C)c3ccccc23)SC1=Nc1ccc(C)cc1. The number of aryl methyl sites for hydroxylation is 2. The Hall–Kier alpha value is -2.79. The molecular formula is C24H25N3OS. The van der Waals surface area contributed by atoms with Gasteiger partial charge in [0.25, 0.3) is 5.91 Å². The Morgan fingerprint density at radius 3 is 2.62 bits per heavy atom. The first-order valence-corrected chi connectivity index (χ1v) is 10.8. The number of para-hydroxylation sites is 1. The summed E-state index contributed by atoms with van der Waals surface area (Å²) < 4.78 is 2.10. The largest absolute Gasteiger partial charge is 0.350 e. The van der Waals surface area contributed by atoms with Crippen molar-refractivity contribution in [3.63, 3.8) is 0 Å². The number of thioether (sulfide) groups is 1. The summed E-state index contributed by atoms with van der Waals surface area (Å²) in [6.45, 7) is 4.89. The first kappa shape index (κ1) is 19.5. The molecule has 1 aliphatic heterocycles. The Morgan fingerprint density at radius 1 is 1.10 bits per heavy atom. The minimum atomic E-state index is 0.0437. The minimum Gasteiger partial charge on any atom is -0.350 e. The highest BCUT2D eigenvalue weighted by Crippen LogP contribution is 2.35. The lowest BCUT2D eigenvalue weighted by Crippen LogP contribution is -2.30. The van der Waals surface area contributed by atoms with Crippen molar-refractivity contribution in [3.8, 4) is 0 Å². The average Bonchev–Trinajstić information content (AvgIpc) is 3.19. The Labute approximate surface area is 175 Å². The summed E-state index contributed by atoms with van der Waals surface area (Å²) >= 11 is 1.47. The summed E-state index contributed by atoms with van der Waals surface area (Å²) in [5.74, 6) is 0.0437. The number of carbonyl (C=O) groups is 1. The van der Waals surface area contributed by atoms with E-state index in [-0.39, 0.29) is 5.91 Å². The summed E-state index contributed by atoms with van der Waals surface area (Å²) in [5, 5.41) is 1.92. The Balaban J connectivity index is 1.72. The second-order valence-corrected chi connectivity index (χ2v) is 8.37. The molecule has 1 aliphatic rings. The molecular weight excluding hydrogens is 378 g/mol. The van der Waals surface area contributed by atoms with E-state index in [0.29, 0.717) is 6.54 Å². The molecule has 1 amide bonds. The molecule has 0 bridgehead atoms. The molecule has 0 saturated carbocycles. The molecule has 1 fully saturated rings. The summed E-state index contributed by atoms with van der Waals surface area (Å²) in [7, 11) is 2.03. The molecule has 0 spiro atoms. The highest BCUT2D eigenvalue weighted by atomic mass is 32.2. The fourth-order valence-corrected chi connectivity index (χ4v) is 4.48. The van der Waals surface area contributed by atoms with Crippen LogP contribution in [0.2, 0.25) is 0 Å². The molecule has 3 aromatic rings. The van der Waals surface area contributed by atoms with Gasteiger partial charge in [-0.15, -0.1) is 0 Å². The number of unbranched alkanes of at least 4 members (excludes halogenated alkanes) is 1. The maximum absolute atomic E-state index is 13.2. The standard InChI is InChI=1S/C24H25N3OS/c1-4-5-14-27-23(28)22(29-24(27)25-19-12-10-17(2)11-13-19)15-18-16-26(3)21-9-7-6-8-20(18)21/h6-13,15-16H,4-5,14H2,1-3H3/b22-15+,25-24?. The second kappa shape index (κ2) is 8.29. The molecule has 0 N–H and O–H groups in total. The number of fused-ring (bicyclic) bond motifs is 1. The lowest BCUT2D eigenvalue weighted by atomic mass is 10.1. The molecule has 4 nitrogen and oxygen atoms in total. The van der Waals surface area contributed by atoms with E-state index in [2.05, 4.69) is 36.7 Å². The summed E-state index contributed by atoms with van der Waals surface area (Å²) in [4.78, 5) is 20.5. The molecule has 0 unspecified atom stereocenters. The van der Waals surface area contributed by atoms with Gasteiger partial charge in [-0.1, -0.05) is 49.2 Å². The third-order valence-electron chi connectivity index (χ3n) is 5.10. The Kier molecular flexibility index (Phi) is 5.58. The van der Waals surface area contributed by atoms with Gasteiger partial charge in [0, 0.05) is 36.3 Å². The molecule has 0 radical (unpaired) electrons. The van der Waals surface area contributed by atoms with Crippen molar-refractivity contribution in [1.29, 1.82) is 0 Å². The molecule has 4 rings (SSSR count). The number of hydrogen-bond acceptors (Lipinski definition) is 3. The predicted octanol–water partition coefficient (Wildman–Crippen LogP) is 5.89. The van der Waals surface area contributed by atoms with Gasteiger partial charge >= 0.3 is 0 Å². The molecule has 0 atom stereocenters. The third kappa shape index (κ3) is 4.01. The zero-order valence-corrected chi connectivity index (χ0v) is 17.9. The van der Waals surface area contributed by atoms with Crippen LogP contribution in [-0.4, -0.2) is 27.1 Å². The molecule has 1 aromatic heterocycles. The van der Waals surface area contributed by atoms with Crippen molar-refractivity contribution in [2.75, 3.05) is 6.54 Å². The van der Waals surface area contributed by atoms with Gasteiger partial charge in [0.05, 0.1) is 10.6 Å². The van der Waals surface area contributed by atoms with Crippen LogP contribution >= 0.6 is 11.8 Å². The van der Waals surface area contributed by atoms with Crippen LogP contribution in [-0.2, 0) is 11.8 Å². The van der Waals surface area contributed by atoms with E-state index in [0.717, 1.165) is 45.1 Å². The van der Waals surface area contributed by atoms with Crippen LogP contribution in [0.1, 0.15) is 30.9 Å². The number of hydrogen-bond donors (Lipinski definition) is 0. The minimum absolute atomic E-state index is 0.0437. The predicted molar refractivity (Wildman–Crippen MR) is 123 cm³/mol. The topological polar surface area (TPSA) is 37.6 Å². The van der Waals surface area contributed by atoms with Crippen molar-refractivity contribution in [3.05, 3.63) is 70.8 Å². The molecule has 2 aromatic carbocycles. The van der Waals surface area contributed by atoms with Crippen molar-refractivity contribution < 1.29 is 4.79 Å². The van der Waals surface area contributed by atoms with Crippen LogP contribution in [0.4, 0.5) is 5.69 Å². The van der Waals surface area contributed by atoms with E-state index in [4.69, 9.17) is 4.99 Å². The van der Waals surface area contributed by atoms with Gasteiger partial charge < -0.3 is 4.57 Å². The van der Waals surface area contributed by atoms with E-state index >= 15 is 0 Å². The van der Waals surface area contributed by atoms with Crippen molar-refractivity contribution in [1.82, 2.24) is 9.47 Å². The maximum Gasteiger partial charge on any atom is 0.266 e. The van der Waals surface area contributed by atoms with Gasteiger partial charge in [0.2, 0.25) is 0 Å². The Bertz CT molecular complexity index is 1110. The van der Waals surface area contributed by atoms with Gasteiger partial charge in [-0.3, -0.25) is 9.69 Å². The van der Waals surface area contributed by atoms with Gasteiger partial charge in [0.15, 0.2) is 5.17 Å². The van der Waals surface area contributed by atoms with E-state index < -0.39 is 0 Å². The van der Waals surface area contributed by atoms with Crippen LogP contribution in [0.5, 0.6) is 0 Å². The van der Waals surface area contributed by atoms with Gasteiger partial charge in [-0.25, -0.2) is 4.99 Å². The summed E-state index contributed by atoms with van der Waals surface area (Å²) in [6.07, 6.45) is 6.08. The number of benzene rings is 2. The third-order valence-corrected chi connectivity index (χ3v) is 6.10. The molecule has 148 valence electrons. The average molecular weight is 404 g/mol. The summed E-state index contributed by atoms with van der Waals surface area (Å²) in [6, 6.07) is 16.4. The lowest BCUT2D eigenvalue weighted by molar-refractivity contribution is -0.122. The fraction of sp³-hybridized carbons (Fsp3) is 0.250. The number of aliphatic imine (C=N–C) groups is 1. The van der Waals surface area contributed by atoms with Crippen LogP contribution in [0, 0.1) is 6.92 Å². The monoisotopic (exact) mass is 403 g/mol. The molecule has 5 heteroatoms. The lowest BCUT2D eigenvalue weighted by Gasteiger charge is -2.14. The smallest absolute Gasteiger partial charge is 0.266 e. The molecule has 29 heavy (non-hydrogen) atoms. The highest BCUT2D eigenvalue weighted by molar-refractivity contribution is 8.18. The Morgan fingerprint density at radius 2 is 1.86 bits per heavy atom. The quantitative estimate of drug-likeness (QED) is 0.498. The van der Waals surface area contributed by atoms with E-state index in [1.54, 1.807) is 0 Å². The van der Waals surface area contributed by atoms with E-state index in [1.165, 1.54) is 17.3 Å². The maximum atomic E-state index is 13.2. The first-order valence-electron chi connectivity index (χ1n) is 9.97. The van der Waals surface area contributed by atoms with Crippen LogP contribution < -0.4 is 0 Å². The number of amides is 1. The van der Waals surface area contributed by atoms with E-state index in [1.807, 2.05) is 54.4 Å². The molecule has 0 aliphatic carbocycles. The van der Waals surface area contributed by atoms with Crippen LogP contribution in [0.15, 0.2) is 64.6 Å². The summed E-state index contributed by atoms with van der Waals surface area (Å²) in [5.41, 5.74) is 4.29. The van der Waals surface area contributed by atoms with Crippen molar-refractivity contribution in [2.24, 2.45) is 12.0 Å². The fourth-order valence-electron chi connectivity index (χ4n) is 3.46. The second-order valence-electron chi connectivity index (χ2n) is 7.36. The zero-order valence-electron chi connectivity index (χ0n) is 17.1. The number of amidine groups is 1. The van der Waals surface area contributed by atoms with Gasteiger partial charge in [0.1, 0.15) is 0 Å². The first-order chi connectivity index (χ1) is 14.1. The number of aromatic nitrogens is 1. The number of rotatable bonds is 5. The zero-order chi connectivity index (χ0) is 20.4. The van der Waals surface area contributed by atoms with Gasteiger partial charge in [-0.05, 0) is 49.4 Å². The van der Waals surface area contributed by atoms with E-state index in [9.17, 15) is 4.79 Å². The normalized spacial score (nSPS) is 17.2.